The molecule has 0 heterocycles. The fraction of sp³-hybridized carbons (Fsp3) is 0.222. The number of nitriles is 1. The van der Waals surface area contributed by atoms with Crippen LogP contribution in [-0.2, 0) is 6.42 Å². The van der Waals surface area contributed by atoms with Gasteiger partial charge in [-0.05, 0) is 11.6 Å². The first kappa shape index (κ1) is 9.82. The summed E-state index contributed by atoms with van der Waals surface area (Å²) in [5.41, 5.74) is 0.572. The van der Waals surface area contributed by atoms with Crippen LogP contribution in [0.2, 0.25) is 5.02 Å². The summed E-state index contributed by atoms with van der Waals surface area (Å²) in [7, 11) is 1.33. The highest BCUT2D eigenvalue weighted by atomic mass is 35.5. The van der Waals surface area contributed by atoms with Gasteiger partial charge in [-0.25, -0.2) is 4.39 Å². The van der Waals surface area contributed by atoms with Gasteiger partial charge in [-0.2, -0.15) is 5.26 Å². The summed E-state index contributed by atoms with van der Waals surface area (Å²) in [6, 6.07) is 4.64. The maximum Gasteiger partial charge on any atom is 0.173 e. The predicted molar refractivity (Wildman–Crippen MR) is 47.3 cm³/mol. The molecule has 0 unspecified atom stereocenters. The second-order valence-corrected chi connectivity index (χ2v) is 2.77. The molecule has 0 aliphatic heterocycles. The zero-order chi connectivity index (χ0) is 9.84. The van der Waals surface area contributed by atoms with Crippen molar-refractivity contribution in [3.63, 3.8) is 0 Å². The molecule has 1 rings (SSSR count). The van der Waals surface area contributed by atoms with Crippen molar-refractivity contribution in [1.82, 2.24) is 0 Å². The maximum atomic E-state index is 13.0. The number of halogens is 2. The van der Waals surface area contributed by atoms with Crippen LogP contribution in [0.25, 0.3) is 0 Å². The minimum absolute atomic E-state index is 0.00517. The third kappa shape index (κ3) is 1.90. The minimum atomic E-state index is -0.519. The molecule has 1 aromatic rings. The van der Waals surface area contributed by atoms with Crippen molar-refractivity contribution in [1.29, 1.82) is 5.26 Å². The Morgan fingerprint density at radius 3 is 2.85 bits per heavy atom. The van der Waals surface area contributed by atoms with E-state index in [1.165, 1.54) is 19.2 Å². The van der Waals surface area contributed by atoms with Gasteiger partial charge in [-0.15, -0.1) is 0 Å². The number of hydrogen-bond acceptors (Lipinski definition) is 2. The highest BCUT2D eigenvalue weighted by molar-refractivity contribution is 6.32. The fourth-order valence-electron chi connectivity index (χ4n) is 0.982. The topological polar surface area (TPSA) is 33.0 Å². The Hall–Kier alpha value is -1.27. The molecule has 68 valence electrons. The molecule has 0 spiro atoms. The van der Waals surface area contributed by atoms with Crippen molar-refractivity contribution in [2.75, 3.05) is 7.11 Å². The number of rotatable bonds is 2. The molecule has 0 N–H and O–H groups in total. The van der Waals surface area contributed by atoms with Gasteiger partial charge in [0.15, 0.2) is 11.6 Å². The van der Waals surface area contributed by atoms with E-state index in [4.69, 9.17) is 21.6 Å². The van der Waals surface area contributed by atoms with Gasteiger partial charge in [0.05, 0.1) is 24.6 Å². The third-order valence-electron chi connectivity index (χ3n) is 1.60. The summed E-state index contributed by atoms with van der Waals surface area (Å²) in [4.78, 5) is 0. The molecule has 0 aliphatic carbocycles. The van der Waals surface area contributed by atoms with Gasteiger partial charge in [0.2, 0.25) is 0 Å². The molecule has 0 amide bonds. The summed E-state index contributed by atoms with van der Waals surface area (Å²) in [5, 5.41) is 8.60. The van der Waals surface area contributed by atoms with Crippen LogP contribution in [0, 0.1) is 17.1 Å². The fourth-order valence-corrected chi connectivity index (χ4v) is 1.28. The molecule has 0 fully saturated rings. The molecule has 0 bridgehead atoms. The van der Waals surface area contributed by atoms with Crippen molar-refractivity contribution in [2.45, 2.75) is 6.42 Å². The molecule has 0 aliphatic rings. The number of benzene rings is 1. The zero-order valence-corrected chi connectivity index (χ0v) is 7.73. The summed E-state index contributed by atoms with van der Waals surface area (Å²) < 4.78 is 17.7. The van der Waals surface area contributed by atoms with Gasteiger partial charge in [-0.3, -0.25) is 0 Å². The van der Waals surface area contributed by atoms with E-state index in [1.54, 1.807) is 0 Å². The molecule has 0 saturated carbocycles. The van der Waals surface area contributed by atoms with Gasteiger partial charge in [0, 0.05) is 0 Å². The van der Waals surface area contributed by atoms with Crippen molar-refractivity contribution < 1.29 is 9.13 Å². The lowest BCUT2D eigenvalue weighted by Crippen LogP contribution is -1.93. The molecule has 0 atom stereocenters. The van der Waals surface area contributed by atoms with Crippen LogP contribution in [-0.4, -0.2) is 7.11 Å². The molecule has 1 aromatic carbocycles. The van der Waals surface area contributed by atoms with E-state index in [1.807, 2.05) is 6.07 Å². The van der Waals surface area contributed by atoms with Crippen molar-refractivity contribution in [3.8, 4) is 11.8 Å². The van der Waals surface area contributed by atoms with E-state index >= 15 is 0 Å². The van der Waals surface area contributed by atoms with Crippen molar-refractivity contribution in [2.24, 2.45) is 0 Å². The minimum Gasteiger partial charge on any atom is -0.492 e. The highest BCUT2D eigenvalue weighted by Crippen LogP contribution is 2.30. The van der Waals surface area contributed by atoms with Crippen LogP contribution in [0.3, 0.4) is 0 Å². The second kappa shape index (κ2) is 4.11. The van der Waals surface area contributed by atoms with Gasteiger partial charge in [0.25, 0.3) is 0 Å². The van der Waals surface area contributed by atoms with Crippen LogP contribution in [0.5, 0.6) is 5.75 Å². The normalized spacial score (nSPS) is 9.38. The summed E-state index contributed by atoms with van der Waals surface area (Å²) >= 11 is 5.78. The molecule has 0 saturated heterocycles. The van der Waals surface area contributed by atoms with Crippen LogP contribution >= 0.6 is 11.6 Å². The number of nitrogens with zero attached hydrogens (tertiary/aromatic N) is 1. The Morgan fingerprint density at radius 1 is 1.62 bits per heavy atom. The van der Waals surface area contributed by atoms with E-state index in [2.05, 4.69) is 0 Å². The lowest BCUT2D eigenvalue weighted by atomic mass is 10.1. The largest absolute Gasteiger partial charge is 0.492 e. The standard InChI is InChI=1S/C9H7ClFNO/c1-13-9-7(11)3-2-6(4-5-12)8(9)10/h2-3H,4H2,1H3. The molecular weight excluding hydrogens is 193 g/mol. The Bertz CT molecular complexity index is 359. The van der Waals surface area contributed by atoms with Crippen molar-refractivity contribution in [3.05, 3.63) is 28.5 Å². The highest BCUT2D eigenvalue weighted by Gasteiger charge is 2.11. The molecule has 0 radical (unpaired) electrons. The SMILES string of the molecule is COc1c(F)ccc(CC#N)c1Cl. The van der Waals surface area contributed by atoms with Crippen LogP contribution in [0.4, 0.5) is 4.39 Å². The third-order valence-corrected chi connectivity index (χ3v) is 2.02. The zero-order valence-electron chi connectivity index (χ0n) is 6.97. The summed E-state index contributed by atoms with van der Waals surface area (Å²) in [5.74, 6) is -0.524. The first-order valence-electron chi connectivity index (χ1n) is 3.58. The predicted octanol–water partition coefficient (Wildman–Crippen LogP) is 2.55. The Morgan fingerprint density at radius 2 is 2.31 bits per heavy atom. The monoisotopic (exact) mass is 199 g/mol. The van der Waals surface area contributed by atoms with Gasteiger partial charge >= 0.3 is 0 Å². The quantitative estimate of drug-likeness (QED) is 0.734. The Balaban J connectivity index is 3.21. The number of hydrogen-bond donors (Lipinski definition) is 0. The lowest BCUT2D eigenvalue weighted by molar-refractivity contribution is 0.386. The molecular formula is C9H7ClFNO. The molecule has 0 aromatic heterocycles. The lowest BCUT2D eigenvalue weighted by Gasteiger charge is -2.06. The first-order chi connectivity index (χ1) is 6.20. The summed E-state index contributed by atoms with van der Waals surface area (Å²) in [6.45, 7) is 0. The van der Waals surface area contributed by atoms with Gasteiger partial charge in [0.1, 0.15) is 0 Å². The van der Waals surface area contributed by atoms with E-state index < -0.39 is 5.82 Å². The molecule has 13 heavy (non-hydrogen) atoms. The van der Waals surface area contributed by atoms with Crippen LogP contribution < -0.4 is 4.74 Å². The second-order valence-electron chi connectivity index (χ2n) is 2.39. The average Bonchev–Trinajstić information content (AvgIpc) is 2.11. The number of methoxy groups -OCH3 is 1. The Labute approximate surface area is 80.5 Å². The van der Waals surface area contributed by atoms with Crippen LogP contribution in [0.15, 0.2) is 12.1 Å². The van der Waals surface area contributed by atoms with E-state index in [0.29, 0.717) is 5.56 Å². The summed E-state index contributed by atoms with van der Waals surface area (Å²) in [6.07, 6.45) is 0.148. The van der Waals surface area contributed by atoms with Crippen molar-refractivity contribution >= 4 is 11.6 Å². The van der Waals surface area contributed by atoms with Gasteiger partial charge < -0.3 is 4.74 Å². The Kier molecular flexibility index (Phi) is 3.10. The molecule has 4 heteroatoms. The first-order valence-corrected chi connectivity index (χ1v) is 3.96. The van der Waals surface area contributed by atoms with E-state index in [9.17, 15) is 4.39 Å². The number of ether oxygens (including phenoxy) is 1. The van der Waals surface area contributed by atoms with Crippen LogP contribution in [0.1, 0.15) is 5.56 Å². The average molecular weight is 200 g/mol. The van der Waals surface area contributed by atoms with E-state index in [-0.39, 0.29) is 17.2 Å². The van der Waals surface area contributed by atoms with E-state index in [0.717, 1.165) is 0 Å². The maximum absolute atomic E-state index is 13.0. The van der Waals surface area contributed by atoms with Gasteiger partial charge in [-0.1, -0.05) is 17.7 Å². The molecule has 2 nitrogen and oxygen atoms in total. The smallest absolute Gasteiger partial charge is 0.173 e.